The van der Waals surface area contributed by atoms with Crippen molar-refractivity contribution in [1.29, 1.82) is 0 Å². The summed E-state index contributed by atoms with van der Waals surface area (Å²) < 4.78 is 18.9. The first-order valence-electron chi connectivity index (χ1n) is 9.66. The van der Waals surface area contributed by atoms with Gasteiger partial charge in [-0.05, 0) is 29.0 Å². The summed E-state index contributed by atoms with van der Waals surface area (Å²) in [5, 5.41) is 5.10. The second kappa shape index (κ2) is 8.50. The van der Waals surface area contributed by atoms with E-state index in [1.54, 1.807) is 0 Å². The van der Waals surface area contributed by atoms with Crippen LogP contribution in [0.4, 0.5) is 4.39 Å². The fraction of sp³-hybridized carbons (Fsp3) is 0.261. The number of carbonyl (C=O) groups excluding carboxylic acids is 1. The molecule has 3 aromatic carbocycles. The van der Waals surface area contributed by atoms with Crippen LogP contribution in [0.3, 0.4) is 0 Å². The Labute approximate surface area is 163 Å². The molecule has 1 fully saturated rings. The van der Waals surface area contributed by atoms with Gasteiger partial charge in [-0.25, -0.2) is 4.39 Å². The number of fused-ring (bicyclic) bond motifs is 1. The van der Waals surface area contributed by atoms with Crippen LogP contribution >= 0.6 is 0 Å². The second-order valence-electron chi connectivity index (χ2n) is 7.11. The largest absolute Gasteiger partial charge is 0.370 e. The molecule has 1 aliphatic rings. The maximum absolute atomic E-state index is 13.4. The normalized spacial score (nSPS) is 16.0. The molecule has 0 aliphatic carbocycles. The molecule has 5 heteroatoms. The molecule has 1 amide bonds. The number of quaternary nitrogens is 1. The number of hydrogen-bond donors (Lipinski definition) is 2. The van der Waals surface area contributed by atoms with Crippen LogP contribution in [0.15, 0.2) is 66.7 Å². The number of carbonyl (C=O) groups is 1. The van der Waals surface area contributed by atoms with Crippen molar-refractivity contribution in [3.05, 3.63) is 83.7 Å². The summed E-state index contributed by atoms with van der Waals surface area (Å²) in [4.78, 5) is 14.3. The first-order chi connectivity index (χ1) is 13.7. The van der Waals surface area contributed by atoms with Gasteiger partial charge in [0.25, 0.3) is 5.91 Å². The molecule has 3 aromatic rings. The topological polar surface area (TPSA) is 42.8 Å². The Balaban J connectivity index is 1.54. The van der Waals surface area contributed by atoms with E-state index >= 15 is 0 Å². The van der Waals surface area contributed by atoms with Crippen LogP contribution in [0.2, 0.25) is 0 Å². The van der Waals surface area contributed by atoms with E-state index in [-0.39, 0.29) is 17.8 Å². The van der Waals surface area contributed by atoms with Crippen molar-refractivity contribution in [3.63, 3.8) is 0 Å². The highest BCUT2D eigenvalue weighted by atomic mass is 19.1. The van der Waals surface area contributed by atoms with Crippen LogP contribution in [0.25, 0.3) is 10.8 Å². The molecule has 28 heavy (non-hydrogen) atoms. The molecule has 0 unspecified atom stereocenters. The van der Waals surface area contributed by atoms with E-state index in [0.29, 0.717) is 25.3 Å². The van der Waals surface area contributed by atoms with Gasteiger partial charge in [-0.2, -0.15) is 0 Å². The van der Waals surface area contributed by atoms with Crippen molar-refractivity contribution < 1.29 is 18.8 Å². The van der Waals surface area contributed by atoms with Gasteiger partial charge in [0.1, 0.15) is 24.9 Å². The molecule has 0 radical (unpaired) electrons. The minimum absolute atomic E-state index is 0.0587. The Kier molecular flexibility index (Phi) is 5.65. The van der Waals surface area contributed by atoms with Crippen molar-refractivity contribution in [2.24, 2.45) is 0 Å². The molecule has 0 aromatic heterocycles. The number of rotatable bonds is 5. The number of hydrogen-bond acceptors (Lipinski definition) is 2. The number of ether oxygens (including phenoxy) is 1. The van der Waals surface area contributed by atoms with E-state index in [1.807, 2.05) is 54.6 Å². The van der Waals surface area contributed by atoms with Crippen molar-refractivity contribution in [2.75, 3.05) is 32.8 Å². The van der Waals surface area contributed by atoms with Gasteiger partial charge in [-0.3, -0.25) is 4.79 Å². The van der Waals surface area contributed by atoms with E-state index in [2.05, 4.69) is 5.32 Å². The minimum Gasteiger partial charge on any atom is -0.370 e. The molecule has 1 saturated heterocycles. The van der Waals surface area contributed by atoms with Crippen molar-refractivity contribution in [2.45, 2.75) is 6.04 Å². The van der Waals surface area contributed by atoms with Crippen LogP contribution in [-0.2, 0) is 4.74 Å². The van der Waals surface area contributed by atoms with Crippen LogP contribution in [0.5, 0.6) is 0 Å². The van der Waals surface area contributed by atoms with Gasteiger partial charge < -0.3 is 15.0 Å². The summed E-state index contributed by atoms with van der Waals surface area (Å²) in [5.74, 6) is -0.337. The SMILES string of the molecule is O=C(NC[C@@H](c1ccc(F)cc1)[NH+]1CCOCC1)c1cccc2ccccc12. The maximum Gasteiger partial charge on any atom is 0.252 e. The molecule has 1 aliphatic heterocycles. The first-order valence-corrected chi connectivity index (χ1v) is 9.66. The summed E-state index contributed by atoms with van der Waals surface area (Å²) in [6, 6.07) is 20.3. The highest BCUT2D eigenvalue weighted by Gasteiger charge is 2.27. The van der Waals surface area contributed by atoms with E-state index in [0.717, 1.165) is 29.4 Å². The van der Waals surface area contributed by atoms with Crippen LogP contribution < -0.4 is 10.2 Å². The predicted octanol–water partition coefficient (Wildman–Crippen LogP) is 2.37. The maximum atomic E-state index is 13.4. The van der Waals surface area contributed by atoms with Gasteiger partial charge in [0.05, 0.1) is 19.8 Å². The molecular weight excluding hydrogens is 355 g/mol. The lowest BCUT2D eigenvalue weighted by atomic mass is 10.0. The lowest BCUT2D eigenvalue weighted by Crippen LogP contribution is -3.15. The van der Waals surface area contributed by atoms with Gasteiger partial charge in [-0.15, -0.1) is 0 Å². The van der Waals surface area contributed by atoms with E-state index in [1.165, 1.54) is 17.0 Å². The standard InChI is InChI=1S/C23H23FN2O2/c24-19-10-8-18(9-11-19)22(26-12-14-28-15-13-26)16-25-23(27)21-7-3-5-17-4-1-2-6-20(17)21/h1-11,22H,12-16H2,(H,25,27)/p+1/t22-/m0/s1. The number of nitrogens with one attached hydrogen (secondary N) is 2. The molecule has 0 saturated carbocycles. The van der Waals surface area contributed by atoms with Crippen LogP contribution in [0, 0.1) is 5.82 Å². The van der Waals surface area contributed by atoms with Gasteiger partial charge >= 0.3 is 0 Å². The number of halogens is 1. The monoisotopic (exact) mass is 379 g/mol. The molecule has 2 N–H and O–H groups in total. The van der Waals surface area contributed by atoms with Gasteiger partial charge in [0, 0.05) is 11.1 Å². The molecule has 1 heterocycles. The summed E-state index contributed by atoms with van der Waals surface area (Å²) in [7, 11) is 0. The third-order valence-electron chi connectivity index (χ3n) is 5.40. The lowest BCUT2D eigenvalue weighted by Gasteiger charge is -2.32. The summed E-state index contributed by atoms with van der Waals surface area (Å²) in [6.45, 7) is 3.62. The lowest BCUT2D eigenvalue weighted by molar-refractivity contribution is -0.937. The third-order valence-corrected chi connectivity index (χ3v) is 5.40. The molecule has 4 nitrogen and oxygen atoms in total. The molecule has 1 atom stereocenters. The van der Waals surface area contributed by atoms with Gasteiger partial charge in [0.2, 0.25) is 0 Å². The minimum atomic E-state index is -0.251. The van der Waals surface area contributed by atoms with Crippen molar-refractivity contribution >= 4 is 16.7 Å². The quantitative estimate of drug-likeness (QED) is 0.715. The van der Waals surface area contributed by atoms with E-state index < -0.39 is 0 Å². The molecule has 4 rings (SSSR count). The molecule has 144 valence electrons. The fourth-order valence-electron chi connectivity index (χ4n) is 3.89. The molecule has 0 spiro atoms. The predicted molar refractivity (Wildman–Crippen MR) is 107 cm³/mol. The zero-order valence-corrected chi connectivity index (χ0v) is 15.7. The Bertz CT molecular complexity index is 947. The molecular formula is C23H24FN2O2+. The summed E-state index contributed by atoms with van der Waals surface area (Å²) in [5.41, 5.74) is 1.70. The van der Waals surface area contributed by atoms with Gasteiger partial charge in [0.15, 0.2) is 0 Å². The van der Waals surface area contributed by atoms with Crippen LogP contribution in [-0.4, -0.2) is 38.8 Å². The summed E-state index contributed by atoms with van der Waals surface area (Å²) >= 11 is 0. The number of morpholine rings is 1. The highest BCUT2D eigenvalue weighted by Crippen LogP contribution is 2.18. The summed E-state index contributed by atoms with van der Waals surface area (Å²) in [6.07, 6.45) is 0. The number of amides is 1. The second-order valence-corrected chi connectivity index (χ2v) is 7.11. The average molecular weight is 379 g/mol. The Morgan fingerprint density at radius 1 is 1.00 bits per heavy atom. The Morgan fingerprint density at radius 2 is 1.71 bits per heavy atom. The zero-order valence-electron chi connectivity index (χ0n) is 15.7. The smallest absolute Gasteiger partial charge is 0.252 e. The molecule has 0 bridgehead atoms. The van der Waals surface area contributed by atoms with Crippen molar-refractivity contribution in [3.8, 4) is 0 Å². The highest BCUT2D eigenvalue weighted by molar-refractivity contribution is 6.07. The fourth-order valence-corrected chi connectivity index (χ4v) is 3.89. The van der Waals surface area contributed by atoms with E-state index in [9.17, 15) is 9.18 Å². The van der Waals surface area contributed by atoms with E-state index in [4.69, 9.17) is 4.74 Å². The van der Waals surface area contributed by atoms with Gasteiger partial charge in [-0.1, -0.05) is 48.5 Å². The Hall–Kier alpha value is -2.76. The third kappa shape index (κ3) is 4.06. The average Bonchev–Trinajstić information content (AvgIpc) is 2.75. The van der Waals surface area contributed by atoms with Crippen molar-refractivity contribution in [1.82, 2.24) is 5.32 Å². The number of benzene rings is 3. The first kappa shape index (κ1) is 18.6. The van der Waals surface area contributed by atoms with Crippen LogP contribution in [0.1, 0.15) is 22.0 Å². The Morgan fingerprint density at radius 3 is 2.50 bits per heavy atom. The zero-order chi connectivity index (χ0) is 19.3.